The van der Waals surface area contributed by atoms with Crippen LogP contribution in [0.25, 0.3) is 0 Å². The Labute approximate surface area is 116 Å². The van der Waals surface area contributed by atoms with Gasteiger partial charge in [0.1, 0.15) is 5.02 Å². The highest BCUT2D eigenvalue weighted by Gasteiger charge is 2.20. The van der Waals surface area contributed by atoms with E-state index in [9.17, 15) is 18.5 Å². The summed E-state index contributed by atoms with van der Waals surface area (Å²) >= 11 is 5.63. The minimum atomic E-state index is -3.76. The van der Waals surface area contributed by atoms with Gasteiger partial charge >= 0.3 is 0 Å². The van der Waals surface area contributed by atoms with Gasteiger partial charge in [-0.2, -0.15) is 0 Å². The quantitative estimate of drug-likeness (QED) is 0.556. The summed E-state index contributed by atoms with van der Waals surface area (Å²) in [4.78, 5) is 10.9. The Kier molecular flexibility index (Phi) is 5.24. The largest absolute Gasteiger partial charge is 0.339 e. The minimum Gasteiger partial charge on any atom is -0.339 e. The molecule has 2 N–H and O–H groups in total. The Balaban J connectivity index is 2.96. The summed E-state index contributed by atoms with van der Waals surface area (Å²) < 4.78 is 26.2. The van der Waals surface area contributed by atoms with E-state index in [2.05, 4.69) is 4.72 Å². The lowest BCUT2D eigenvalue weighted by molar-refractivity contribution is -0.856. The Morgan fingerprint density at radius 1 is 1.42 bits per heavy atom. The molecule has 0 aliphatic rings. The highest BCUT2D eigenvalue weighted by Crippen LogP contribution is 2.26. The van der Waals surface area contributed by atoms with Gasteiger partial charge in [-0.25, -0.2) is 13.1 Å². The van der Waals surface area contributed by atoms with E-state index in [4.69, 9.17) is 11.6 Å². The average molecular weight is 309 g/mol. The molecule has 0 radical (unpaired) electrons. The predicted octanol–water partition coefficient (Wildman–Crippen LogP) is -0.329. The average Bonchev–Trinajstić information content (AvgIpc) is 2.27. The van der Waals surface area contributed by atoms with Crippen molar-refractivity contribution in [3.05, 3.63) is 33.3 Å². The van der Waals surface area contributed by atoms with Crippen LogP contribution in [-0.2, 0) is 10.0 Å². The van der Waals surface area contributed by atoms with Gasteiger partial charge in [0.2, 0.25) is 10.0 Å². The van der Waals surface area contributed by atoms with Gasteiger partial charge in [-0.15, -0.1) is 0 Å². The standard InChI is InChI=1S/C10H14ClN3O4S/c1-13(2)6-5-12-19(17,18)8-3-4-9(11)10(7-8)14(15)16/h3-4,7,12H,5-6H2,1-2H3/p+1. The second-order valence-electron chi connectivity index (χ2n) is 4.23. The molecule has 0 bridgehead atoms. The minimum absolute atomic E-state index is 0.0957. The number of nitrogens with zero attached hydrogens (tertiary/aromatic N) is 1. The van der Waals surface area contributed by atoms with Gasteiger partial charge in [0, 0.05) is 6.07 Å². The molecule has 1 aromatic carbocycles. The van der Waals surface area contributed by atoms with Gasteiger partial charge in [-0.05, 0) is 12.1 Å². The van der Waals surface area contributed by atoms with E-state index in [1.165, 1.54) is 12.1 Å². The Morgan fingerprint density at radius 3 is 2.58 bits per heavy atom. The molecule has 1 aromatic rings. The number of sulfonamides is 1. The monoisotopic (exact) mass is 308 g/mol. The lowest BCUT2D eigenvalue weighted by Gasteiger charge is -2.09. The number of nitro benzene ring substituents is 1. The van der Waals surface area contributed by atoms with Crippen LogP contribution < -0.4 is 9.62 Å². The predicted molar refractivity (Wildman–Crippen MR) is 71.0 cm³/mol. The Morgan fingerprint density at radius 2 is 2.05 bits per heavy atom. The van der Waals surface area contributed by atoms with Crippen LogP contribution in [0.1, 0.15) is 0 Å². The Hall–Kier alpha value is -1.22. The fourth-order valence-corrected chi connectivity index (χ4v) is 2.56. The number of hydrogen-bond donors (Lipinski definition) is 2. The third kappa shape index (κ3) is 4.43. The van der Waals surface area contributed by atoms with Gasteiger partial charge in [-0.3, -0.25) is 10.1 Å². The number of likely N-dealkylation sites (N-methyl/N-ethyl adjacent to an activating group) is 1. The molecule has 7 nitrogen and oxygen atoms in total. The summed E-state index contributed by atoms with van der Waals surface area (Å²) in [6, 6.07) is 3.39. The lowest BCUT2D eigenvalue weighted by atomic mass is 10.3. The SMILES string of the molecule is C[NH+](C)CCNS(=O)(=O)c1ccc(Cl)c([N+](=O)[O-])c1. The molecule has 0 aromatic heterocycles. The van der Waals surface area contributed by atoms with Crippen molar-refractivity contribution in [3.63, 3.8) is 0 Å². The zero-order chi connectivity index (χ0) is 14.6. The van der Waals surface area contributed by atoms with Crippen LogP contribution in [0.2, 0.25) is 5.02 Å². The van der Waals surface area contributed by atoms with E-state index in [-0.39, 0.29) is 16.5 Å². The van der Waals surface area contributed by atoms with Crippen molar-refractivity contribution >= 4 is 27.3 Å². The lowest BCUT2D eigenvalue weighted by Crippen LogP contribution is -3.06. The molecule has 0 amide bonds. The highest BCUT2D eigenvalue weighted by atomic mass is 35.5. The van der Waals surface area contributed by atoms with Crippen molar-refractivity contribution in [2.45, 2.75) is 4.90 Å². The molecular formula is C10H15ClN3O4S+. The topological polar surface area (TPSA) is 93.8 Å². The molecule has 0 spiro atoms. The van der Waals surface area contributed by atoms with E-state index >= 15 is 0 Å². The van der Waals surface area contributed by atoms with Crippen LogP contribution in [0.4, 0.5) is 5.69 Å². The molecule has 19 heavy (non-hydrogen) atoms. The second-order valence-corrected chi connectivity index (χ2v) is 6.40. The fourth-order valence-electron chi connectivity index (χ4n) is 1.32. The zero-order valence-corrected chi connectivity index (χ0v) is 12.1. The zero-order valence-electron chi connectivity index (χ0n) is 10.5. The summed E-state index contributed by atoms with van der Waals surface area (Å²) in [5.41, 5.74) is -0.428. The van der Waals surface area contributed by atoms with E-state index in [0.717, 1.165) is 11.0 Å². The second kappa shape index (κ2) is 6.29. The van der Waals surface area contributed by atoms with Crippen LogP contribution in [0.3, 0.4) is 0 Å². The first-order valence-electron chi connectivity index (χ1n) is 5.46. The molecule has 0 saturated carbocycles. The number of rotatable bonds is 6. The summed E-state index contributed by atoms with van der Waals surface area (Å²) in [5.74, 6) is 0. The smallest absolute Gasteiger partial charge is 0.289 e. The van der Waals surface area contributed by atoms with Gasteiger partial charge in [0.15, 0.2) is 0 Å². The van der Waals surface area contributed by atoms with Crippen LogP contribution in [0, 0.1) is 10.1 Å². The third-order valence-electron chi connectivity index (χ3n) is 2.34. The van der Waals surface area contributed by atoms with Crippen molar-refractivity contribution in [1.29, 1.82) is 0 Å². The van der Waals surface area contributed by atoms with Crippen LogP contribution in [0.15, 0.2) is 23.1 Å². The van der Waals surface area contributed by atoms with Crippen LogP contribution in [0.5, 0.6) is 0 Å². The van der Waals surface area contributed by atoms with Crippen LogP contribution in [-0.4, -0.2) is 40.5 Å². The van der Waals surface area contributed by atoms with E-state index < -0.39 is 20.6 Å². The van der Waals surface area contributed by atoms with E-state index in [1.807, 2.05) is 14.1 Å². The maximum Gasteiger partial charge on any atom is 0.289 e. The number of benzene rings is 1. The van der Waals surface area contributed by atoms with Crippen molar-refractivity contribution < 1.29 is 18.2 Å². The highest BCUT2D eigenvalue weighted by molar-refractivity contribution is 7.89. The molecule has 0 aliphatic carbocycles. The summed E-state index contributed by atoms with van der Waals surface area (Å²) in [7, 11) is 0.0255. The van der Waals surface area contributed by atoms with Gasteiger partial charge in [0.25, 0.3) is 5.69 Å². The number of nitrogens with one attached hydrogen (secondary N) is 2. The van der Waals surface area contributed by atoms with Gasteiger partial charge < -0.3 is 4.90 Å². The number of hydrogen-bond acceptors (Lipinski definition) is 4. The first kappa shape index (κ1) is 15.8. The summed E-state index contributed by atoms with van der Waals surface area (Å²) in [6.45, 7) is 0.857. The van der Waals surface area contributed by atoms with Gasteiger partial charge in [-0.1, -0.05) is 11.6 Å². The van der Waals surface area contributed by atoms with Crippen molar-refractivity contribution in [3.8, 4) is 0 Å². The summed E-state index contributed by atoms with van der Waals surface area (Å²) in [6.07, 6.45) is 0. The van der Waals surface area contributed by atoms with Crippen molar-refractivity contribution in [2.75, 3.05) is 27.2 Å². The molecule has 0 aliphatic heterocycles. The molecular weight excluding hydrogens is 294 g/mol. The Bertz CT molecular complexity index is 574. The normalized spacial score (nSPS) is 11.8. The van der Waals surface area contributed by atoms with Crippen molar-refractivity contribution in [2.24, 2.45) is 0 Å². The molecule has 0 atom stereocenters. The number of halogens is 1. The van der Waals surface area contributed by atoms with E-state index in [1.54, 1.807) is 0 Å². The first-order valence-corrected chi connectivity index (χ1v) is 7.33. The third-order valence-corrected chi connectivity index (χ3v) is 4.12. The molecule has 9 heteroatoms. The number of nitro groups is 1. The summed E-state index contributed by atoms with van der Waals surface area (Å²) in [5, 5.41) is 10.6. The first-order chi connectivity index (χ1) is 8.74. The fraction of sp³-hybridized carbons (Fsp3) is 0.400. The van der Waals surface area contributed by atoms with E-state index in [0.29, 0.717) is 6.54 Å². The number of quaternary nitrogens is 1. The maximum atomic E-state index is 11.9. The molecule has 1 rings (SSSR count). The maximum absolute atomic E-state index is 11.9. The molecule has 0 heterocycles. The molecule has 0 fully saturated rings. The molecule has 0 saturated heterocycles. The van der Waals surface area contributed by atoms with Crippen molar-refractivity contribution in [1.82, 2.24) is 4.72 Å². The van der Waals surface area contributed by atoms with Gasteiger partial charge in [0.05, 0.1) is 37.0 Å². The molecule has 106 valence electrons. The van der Waals surface area contributed by atoms with Crippen LogP contribution >= 0.6 is 11.6 Å². The molecule has 0 unspecified atom stereocenters.